The highest BCUT2D eigenvalue weighted by molar-refractivity contribution is 6.62. The van der Waals surface area contributed by atoms with Gasteiger partial charge in [0.05, 0.1) is 12.4 Å². The molecule has 1 aromatic carbocycles. The third-order valence-corrected chi connectivity index (χ3v) is 5.52. The van der Waals surface area contributed by atoms with Crippen molar-refractivity contribution in [3.05, 3.63) is 53.3 Å². The van der Waals surface area contributed by atoms with Gasteiger partial charge in [-0.15, -0.1) is 10.2 Å². The first-order valence-electron chi connectivity index (χ1n) is 8.49. The third-order valence-electron chi connectivity index (χ3n) is 5.27. The summed E-state index contributed by atoms with van der Waals surface area (Å²) in [6.45, 7) is 0. The highest BCUT2D eigenvalue weighted by atomic mass is 35.5. The summed E-state index contributed by atoms with van der Waals surface area (Å²) < 4.78 is 0. The van der Waals surface area contributed by atoms with Crippen LogP contribution >= 0.6 is 11.6 Å². The molecule has 1 amide bonds. The molecule has 2 N–H and O–H groups in total. The Labute approximate surface area is 165 Å². The monoisotopic (exact) mass is 376 g/mol. The molecule has 27 heavy (non-hydrogen) atoms. The van der Waals surface area contributed by atoms with E-state index in [1.807, 2.05) is 55.7 Å². The van der Waals surface area contributed by atoms with Crippen LogP contribution in [0.5, 0.6) is 0 Å². The molecule has 12 heteroatoms. The van der Waals surface area contributed by atoms with Gasteiger partial charge in [-0.3, -0.25) is 10.1 Å². The number of hydrogen-bond donors (Lipinski definition) is 2. The predicted octanol–water partition coefficient (Wildman–Crippen LogP) is -1.64. The summed E-state index contributed by atoms with van der Waals surface area (Å²) in [4.78, 5) is 16.0. The quantitative estimate of drug-likeness (QED) is 0.521. The fourth-order valence-corrected chi connectivity index (χ4v) is 2.78. The Morgan fingerprint density at radius 3 is 2.37 bits per heavy atom. The van der Waals surface area contributed by atoms with Crippen molar-refractivity contribution >= 4 is 54.8 Å². The molecule has 0 bridgehead atoms. The van der Waals surface area contributed by atoms with Crippen molar-refractivity contribution in [2.24, 2.45) is 0 Å². The molecule has 0 saturated carbocycles. The molecule has 0 fully saturated rings. The number of aromatic nitrogens is 5. The number of benzene rings is 1. The maximum atomic E-state index is 13.0. The molecule has 0 aliphatic heterocycles. The van der Waals surface area contributed by atoms with Crippen LogP contribution in [-0.4, -0.2) is 62.7 Å². The van der Waals surface area contributed by atoms with E-state index >= 15 is 0 Å². The Balaban J connectivity index is 1.80. The highest BCUT2D eigenvalue weighted by Gasteiger charge is 2.43. The van der Waals surface area contributed by atoms with E-state index < -0.39 is 10.4 Å². The molecule has 2 heterocycles. The van der Waals surface area contributed by atoms with E-state index in [2.05, 4.69) is 30.7 Å². The van der Waals surface area contributed by atoms with Gasteiger partial charge in [-0.25, -0.2) is 0 Å². The van der Waals surface area contributed by atoms with E-state index in [-0.39, 0.29) is 11.9 Å². The second-order valence-corrected chi connectivity index (χ2v) is 7.80. The molecule has 7 nitrogen and oxygen atoms in total. The normalized spacial score (nSPS) is 11.9. The van der Waals surface area contributed by atoms with Gasteiger partial charge in [0.2, 0.25) is 11.9 Å². The van der Waals surface area contributed by atoms with Crippen LogP contribution in [0.1, 0.15) is 5.56 Å². The number of carbonyl (C=O) groups excluding carboxylic acids is 1. The second-order valence-electron chi connectivity index (χ2n) is 7.36. The summed E-state index contributed by atoms with van der Waals surface area (Å²) >= 11 is 5.99. The van der Waals surface area contributed by atoms with Gasteiger partial charge in [0.15, 0.2) is 5.82 Å². The number of anilines is 1. The van der Waals surface area contributed by atoms with E-state index in [1.165, 1.54) is 0 Å². The van der Waals surface area contributed by atoms with Crippen molar-refractivity contribution in [2.45, 2.75) is 10.4 Å². The second kappa shape index (κ2) is 7.23. The van der Waals surface area contributed by atoms with Crippen LogP contribution in [0.4, 0.5) is 5.95 Å². The number of nitrogens with one attached hydrogen (secondary N) is 2. The molecule has 2 aromatic heterocycles. The number of H-pyrrole nitrogens is 1. The SMILES string of the molecule is BC(B)(C(=O)Nc1nnc(-c2ccnnc2)[nH]1)C(B)(B)c1ccc(Cl)cc1. The Bertz CT molecular complexity index is 948. The Hall–Kier alpha value is -2.54. The van der Waals surface area contributed by atoms with Crippen molar-refractivity contribution in [1.82, 2.24) is 25.4 Å². The molecule has 0 aliphatic carbocycles. The lowest BCUT2D eigenvalue weighted by Gasteiger charge is -2.41. The van der Waals surface area contributed by atoms with Crippen LogP contribution in [-0.2, 0) is 10.0 Å². The van der Waals surface area contributed by atoms with Crippen molar-refractivity contribution in [3.8, 4) is 11.4 Å². The number of halogens is 1. The lowest BCUT2D eigenvalue weighted by Crippen LogP contribution is -2.50. The van der Waals surface area contributed by atoms with Crippen LogP contribution in [0, 0.1) is 0 Å². The minimum Gasteiger partial charge on any atom is -0.307 e. The zero-order valence-corrected chi connectivity index (χ0v) is 16.4. The van der Waals surface area contributed by atoms with E-state index in [0.29, 0.717) is 10.8 Å². The fraction of sp³-hybridized carbons (Fsp3) is 0.133. The van der Waals surface area contributed by atoms with Crippen LogP contribution in [0.3, 0.4) is 0 Å². The van der Waals surface area contributed by atoms with Crippen molar-refractivity contribution < 1.29 is 4.79 Å². The summed E-state index contributed by atoms with van der Waals surface area (Å²) in [7, 11) is 7.87. The van der Waals surface area contributed by atoms with Crippen molar-refractivity contribution in [3.63, 3.8) is 0 Å². The lowest BCUT2D eigenvalue weighted by atomic mass is 9.28. The average molecular weight is 376 g/mol. The first kappa shape index (κ1) is 19.2. The fourth-order valence-electron chi connectivity index (χ4n) is 2.65. The largest absolute Gasteiger partial charge is 0.307 e. The number of hydrogen-bond acceptors (Lipinski definition) is 5. The minimum atomic E-state index is -0.730. The van der Waals surface area contributed by atoms with Gasteiger partial charge in [-0.1, -0.05) is 34.5 Å². The maximum absolute atomic E-state index is 13.0. The average Bonchev–Trinajstić information content (AvgIpc) is 3.11. The standard InChI is InChI=1S/C15H17B4ClN6O/c16-14(17,9-1-3-10(20)4-2-9)15(18,19)12(27)24-13-23-11(25-26-13)8-5-6-21-22-7-8/h1-7H,16-19H2,(H2,23,24,25,26,27). The number of nitrogens with zero attached hydrogens (tertiary/aromatic N) is 4. The first-order chi connectivity index (χ1) is 12.7. The van der Waals surface area contributed by atoms with Crippen LogP contribution < -0.4 is 5.32 Å². The zero-order chi connectivity index (χ0) is 19.7. The van der Waals surface area contributed by atoms with Gasteiger partial charge >= 0.3 is 0 Å². The predicted molar refractivity (Wildman–Crippen MR) is 116 cm³/mol. The first-order valence-corrected chi connectivity index (χ1v) is 8.87. The number of amides is 1. The topological polar surface area (TPSA) is 96.5 Å². The van der Waals surface area contributed by atoms with Crippen molar-refractivity contribution in [2.75, 3.05) is 5.32 Å². The molecule has 0 aliphatic rings. The zero-order valence-electron chi connectivity index (χ0n) is 15.6. The third kappa shape index (κ3) is 3.78. The van der Waals surface area contributed by atoms with Crippen LogP contribution in [0.25, 0.3) is 11.4 Å². The Morgan fingerprint density at radius 2 is 1.74 bits per heavy atom. The van der Waals surface area contributed by atoms with E-state index in [4.69, 9.17) is 11.6 Å². The summed E-state index contributed by atoms with van der Waals surface area (Å²) in [6, 6.07) is 9.31. The summed E-state index contributed by atoms with van der Waals surface area (Å²) in [5, 5.41) is 17.9. The van der Waals surface area contributed by atoms with Crippen LogP contribution in [0.2, 0.25) is 10.2 Å². The summed E-state index contributed by atoms with van der Waals surface area (Å²) in [5.41, 5.74) is 1.76. The summed E-state index contributed by atoms with van der Waals surface area (Å²) in [5.74, 6) is 0.625. The van der Waals surface area contributed by atoms with Gasteiger partial charge < -0.3 is 4.98 Å². The molecule has 3 rings (SSSR count). The molecule has 0 saturated heterocycles. The molecular formula is C15H17B4ClN6O. The Morgan fingerprint density at radius 1 is 1.04 bits per heavy atom. The van der Waals surface area contributed by atoms with Crippen molar-refractivity contribution in [1.29, 1.82) is 0 Å². The highest BCUT2D eigenvalue weighted by Crippen LogP contribution is 2.39. The molecule has 132 valence electrons. The van der Waals surface area contributed by atoms with E-state index in [1.54, 1.807) is 18.5 Å². The summed E-state index contributed by atoms with van der Waals surface area (Å²) in [6.07, 6.45) is 3.13. The molecule has 0 spiro atoms. The van der Waals surface area contributed by atoms with E-state index in [0.717, 1.165) is 11.1 Å². The van der Waals surface area contributed by atoms with E-state index in [9.17, 15) is 4.79 Å². The maximum Gasteiger partial charge on any atom is 0.228 e. The van der Waals surface area contributed by atoms with Gasteiger partial charge in [0.1, 0.15) is 31.4 Å². The van der Waals surface area contributed by atoms with Crippen LogP contribution in [0.15, 0.2) is 42.7 Å². The molecule has 0 atom stereocenters. The number of rotatable bonds is 5. The van der Waals surface area contributed by atoms with Gasteiger partial charge in [-0.2, -0.15) is 10.2 Å². The lowest BCUT2D eigenvalue weighted by molar-refractivity contribution is -0.117. The van der Waals surface area contributed by atoms with Gasteiger partial charge in [-0.05, 0) is 23.4 Å². The molecule has 3 aromatic rings. The number of aromatic amines is 1. The smallest absolute Gasteiger partial charge is 0.228 e. The molecular weight excluding hydrogens is 359 g/mol. The molecule has 0 radical (unpaired) electrons. The van der Waals surface area contributed by atoms with Gasteiger partial charge in [0, 0.05) is 10.6 Å². The number of carbonyl (C=O) groups is 1. The van der Waals surface area contributed by atoms with Gasteiger partial charge in [0.25, 0.3) is 0 Å². The molecule has 0 unspecified atom stereocenters. The minimum absolute atomic E-state index is 0.169. The Kier molecular flexibility index (Phi) is 5.15.